The van der Waals surface area contributed by atoms with Gasteiger partial charge in [-0.25, -0.2) is 0 Å². The molecule has 2 aliphatic rings. The summed E-state index contributed by atoms with van der Waals surface area (Å²) in [5.74, 6) is 0.283. The van der Waals surface area contributed by atoms with Gasteiger partial charge in [-0.1, -0.05) is 19.8 Å². The minimum atomic E-state index is -0.268. The highest BCUT2D eigenvalue weighted by Crippen LogP contribution is 2.39. The maximum absolute atomic E-state index is 11.7. The summed E-state index contributed by atoms with van der Waals surface area (Å²) in [7, 11) is 0. The molecule has 2 atom stereocenters. The molecule has 0 spiro atoms. The molecule has 0 radical (unpaired) electrons. The van der Waals surface area contributed by atoms with E-state index in [0.29, 0.717) is 12.5 Å². The fourth-order valence-electron chi connectivity index (χ4n) is 2.58. The lowest BCUT2D eigenvalue weighted by molar-refractivity contribution is -0.136. The van der Waals surface area contributed by atoms with Crippen molar-refractivity contribution >= 4 is 5.91 Å². The first kappa shape index (κ1) is 9.97. The fraction of sp³-hybridized carbons (Fsp3) is 0.909. The monoisotopic (exact) mass is 197 g/mol. The summed E-state index contributed by atoms with van der Waals surface area (Å²) < 4.78 is 5.75. The number of carbonyl (C=O) groups excluding carboxylic acids is 1. The van der Waals surface area contributed by atoms with Gasteiger partial charge in [0.15, 0.2) is 0 Å². The number of ether oxygens (including phenoxy) is 1. The Morgan fingerprint density at radius 3 is 3.14 bits per heavy atom. The molecule has 2 fully saturated rings. The van der Waals surface area contributed by atoms with Crippen molar-refractivity contribution in [2.75, 3.05) is 6.61 Å². The highest BCUT2D eigenvalue weighted by Gasteiger charge is 2.50. The van der Waals surface area contributed by atoms with E-state index in [1.54, 1.807) is 0 Å². The second-order valence-corrected chi connectivity index (χ2v) is 4.55. The van der Waals surface area contributed by atoms with Gasteiger partial charge >= 0.3 is 0 Å². The van der Waals surface area contributed by atoms with Gasteiger partial charge < -0.3 is 9.64 Å². The molecule has 0 saturated carbocycles. The first-order chi connectivity index (χ1) is 6.67. The Bertz CT molecular complexity index is 241. The number of amides is 1. The summed E-state index contributed by atoms with van der Waals surface area (Å²) in [6, 6.07) is 0.343. The highest BCUT2D eigenvalue weighted by atomic mass is 16.5. The third kappa shape index (κ3) is 1.44. The molecule has 0 aromatic rings. The van der Waals surface area contributed by atoms with Gasteiger partial charge in [0.25, 0.3) is 0 Å². The SMILES string of the molecule is CCCC[C@@H]1CO[C@@]2(C)CCC(=O)N12. The highest BCUT2D eigenvalue weighted by molar-refractivity contribution is 5.80. The minimum absolute atomic E-state index is 0.268. The molecule has 14 heavy (non-hydrogen) atoms. The first-order valence-corrected chi connectivity index (χ1v) is 5.63. The average Bonchev–Trinajstić information content (AvgIpc) is 2.63. The van der Waals surface area contributed by atoms with Gasteiger partial charge in [0, 0.05) is 12.8 Å². The Morgan fingerprint density at radius 2 is 2.43 bits per heavy atom. The van der Waals surface area contributed by atoms with Crippen LogP contribution in [0.1, 0.15) is 46.0 Å². The van der Waals surface area contributed by atoms with Crippen LogP contribution in [-0.4, -0.2) is 29.2 Å². The van der Waals surface area contributed by atoms with Crippen LogP contribution in [0.2, 0.25) is 0 Å². The lowest BCUT2D eigenvalue weighted by Gasteiger charge is -2.29. The van der Waals surface area contributed by atoms with Crippen molar-refractivity contribution in [2.45, 2.75) is 57.7 Å². The summed E-state index contributed by atoms with van der Waals surface area (Å²) in [6.07, 6.45) is 5.01. The molecule has 0 aliphatic carbocycles. The third-order valence-corrected chi connectivity index (χ3v) is 3.42. The molecule has 0 aromatic heterocycles. The van der Waals surface area contributed by atoms with Gasteiger partial charge in [0.2, 0.25) is 5.91 Å². The number of hydrogen-bond donors (Lipinski definition) is 0. The van der Waals surface area contributed by atoms with Gasteiger partial charge in [-0.05, 0) is 13.3 Å². The Morgan fingerprint density at radius 1 is 1.64 bits per heavy atom. The summed E-state index contributed by atoms with van der Waals surface area (Å²) in [5, 5.41) is 0. The van der Waals surface area contributed by atoms with Crippen molar-refractivity contribution in [2.24, 2.45) is 0 Å². The normalized spacial score (nSPS) is 36.6. The molecule has 1 amide bonds. The molecule has 2 aliphatic heterocycles. The summed E-state index contributed by atoms with van der Waals surface area (Å²) in [5.41, 5.74) is -0.268. The quantitative estimate of drug-likeness (QED) is 0.691. The standard InChI is InChI=1S/C11H19NO2/c1-3-4-5-9-8-14-11(2)7-6-10(13)12(9)11/h9H,3-8H2,1-2H3/t9-,11+/m1/s1. The van der Waals surface area contributed by atoms with Gasteiger partial charge in [0.05, 0.1) is 12.6 Å². The van der Waals surface area contributed by atoms with E-state index in [1.807, 2.05) is 11.8 Å². The molecule has 80 valence electrons. The smallest absolute Gasteiger partial charge is 0.225 e. The molecule has 3 heteroatoms. The Labute approximate surface area is 85.4 Å². The van der Waals surface area contributed by atoms with E-state index in [0.717, 1.165) is 19.4 Å². The Hall–Kier alpha value is -0.570. The fourth-order valence-corrected chi connectivity index (χ4v) is 2.58. The molecular formula is C11H19NO2. The van der Waals surface area contributed by atoms with Crippen LogP contribution < -0.4 is 0 Å². The predicted molar refractivity (Wildman–Crippen MR) is 53.8 cm³/mol. The van der Waals surface area contributed by atoms with E-state index in [1.165, 1.54) is 12.8 Å². The zero-order valence-corrected chi connectivity index (χ0v) is 9.08. The number of nitrogens with zero attached hydrogens (tertiary/aromatic N) is 1. The van der Waals surface area contributed by atoms with Crippen LogP contribution in [0.5, 0.6) is 0 Å². The van der Waals surface area contributed by atoms with Crippen molar-refractivity contribution < 1.29 is 9.53 Å². The number of unbranched alkanes of at least 4 members (excludes halogenated alkanes) is 1. The molecule has 3 nitrogen and oxygen atoms in total. The van der Waals surface area contributed by atoms with E-state index in [4.69, 9.17) is 4.74 Å². The van der Waals surface area contributed by atoms with Gasteiger partial charge in [-0.15, -0.1) is 0 Å². The van der Waals surface area contributed by atoms with E-state index in [2.05, 4.69) is 6.92 Å². The summed E-state index contributed by atoms with van der Waals surface area (Å²) in [4.78, 5) is 13.7. The molecule has 2 rings (SSSR count). The van der Waals surface area contributed by atoms with Crippen LogP contribution >= 0.6 is 0 Å². The molecule has 2 saturated heterocycles. The Balaban J connectivity index is 2.04. The maximum atomic E-state index is 11.7. The molecular weight excluding hydrogens is 178 g/mol. The largest absolute Gasteiger partial charge is 0.354 e. The Kier molecular flexibility index (Phi) is 2.52. The second-order valence-electron chi connectivity index (χ2n) is 4.55. The zero-order valence-electron chi connectivity index (χ0n) is 9.08. The number of hydrogen-bond acceptors (Lipinski definition) is 2. The van der Waals surface area contributed by atoms with Crippen molar-refractivity contribution in [3.63, 3.8) is 0 Å². The summed E-state index contributed by atoms with van der Waals surface area (Å²) >= 11 is 0. The number of carbonyl (C=O) groups is 1. The van der Waals surface area contributed by atoms with Crippen molar-refractivity contribution in [3.8, 4) is 0 Å². The van der Waals surface area contributed by atoms with Crippen LogP contribution in [-0.2, 0) is 9.53 Å². The van der Waals surface area contributed by atoms with Crippen molar-refractivity contribution in [3.05, 3.63) is 0 Å². The van der Waals surface area contributed by atoms with E-state index < -0.39 is 0 Å². The van der Waals surface area contributed by atoms with Crippen LogP contribution in [0.25, 0.3) is 0 Å². The number of rotatable bonds is 3. The molecule has 2 heterocycles. The average molecular weight is 197 g/mol. The van der Waals surface area contributed by atoms with E-state index in [-0.39, 0.29) is 11.6 Å². The van der Waals surface area contributed by atoms with Crippen LogP contribution in [0, 0.1) is 0 Å². The molecule has 0 N–H and O–H groups in total. The number of fused-ring (bicyclic) bond motifs is 1. The molecule has 0 bridgehead atoms. The van der Waals surface area contributed by atoms with Gasteiger partial charge in [-0.2, -0.15) is 0 Å². The predicted octanol–water partition coefficient (Wildman–Crippen LogP) is 1.91. The van der Waals surface area contributed by atoms with Gasteiger partial charge in [0.1, 0.15) is 5.72 Å². The summed E-state index contributed by atoms with van der Waals surface area (Å²) in [6.45, 7) is 4.97. The van der Waals surface area contributed by atoms with Crippen molar-refractivity contribution in [1.82, 2.24) is 4.90 Å². The molecule has 0 aromatic carbocycles. The van der Waals surface area contributed by atoms with Crippen LogP contribution in [0.3, 0.4) is 0 Å². The lowest BCUT2D eigenvalue weighted by Crippen LogP contribution is -2.43. The second kappa shape index (κ2) is 3.54. The topological polar surface area (TPSA) is 29.5 Å². The van der Waals surface area contributed by atoms with Gasteiger partial charge in [-0.3, -0.25) is 4.79 Å². The molecule has 0 unspecified atom stereocenters. The van der Waals surface area contributed by atoms with Crippen LogP contribution in [0.4, 0.5) is 0 Å². The first-order valence-electron chi connectivity index (χ1n) is 5.63. The van der Waals surface area contributed by atoms with E-state index in [9.17, 15) is 4.79 Å². The van der Waals surface area contributed by atoms with Crippen LogP contribution in [0.15, 0.2) is 0 Å². The van der Waals surface area contributed by atoms with E-state index >= 15 is 0 Å². The zero-order chi connectivity index (χ0) is 10.2. The minimum Gasteiger partial charge on any atom is -0.354 e. The third-order valence-electron chi connectivity index (χ3n) is 3.42. The lowest BCUT2D eigenvalue weighted by atomic mass is 10.1. The maximum Gasteiger partial charge on any atom is 0.225 e. The van der Waals surface area contributed by atoms with Crippen molar-refractivity contribution in [1.29, 1.82) is 0 Å².